The second kappa shape index (κ2) is 5.28. The minimum atomic E-state index is 0.269. The van der Waals surface area contributed by atoms with Crippen LogP contribution in [0.1, 0.15) is 33.6 Å². The topological polar surface area (TPSA) is 32.5 Å². The Bertz CT molecular complexity index is 186. The van der Waals surface area contributed by atoms with Crippen molar-refractivity contribution in [1.82, 2.24) is 9.80 Å². The lowest BCUT2D eigenvalue weighted by Gasteiger charge is -2.41. The molecule has 2 N–H and O–H groups in total. The first kappa shape index (κ1) is 12.9. The summed E-state index contributed by atoms with van der Waals surface area (Å²) in [6.07, 6.45) is 2.39. The quantitative estimate of drug-likeness (QED) is 0.746. The third-order valence-corrected chi connectivity index (χ3v) is 3.26. The molecule has 0 aromatic heterocycles. The van der Waals surface area contributed by atoms with Crippen molar-refractivity contribution in [3.8, 4) is 0 Å². The Labute approximate surface area is 94.6 Å². The predicted molar refractivity (Wildman–Crippen MR) is 66.0 cm³/mol. The van der Waals surface area contributed by atoms with Gasteiger partial charge in [-0.2, -0.15) is 0 Å². The van der Waals surface area contributed by atoms with Gasteiger partial charge in [0.1, 0.15) is 0 Å². The van der Waals surface area contributed by atoms with Crippen LogP contribution in [0.5, 0.6) is 0 Å². The molecule has 1 rings (SSSR count). The average molecular weight is 213 g/mol. The van der Waals surface area contributed by atoms with Crippen LogP contribution in [0.15, 0.2) is 0 Å². The Morgan fingerprint density at radius 1 is 1.27 bits per heavy atom. The van der Waals surface area contributed by atoms with Gasteiger partial charge in [-0.15, -0.1) is 0 Å². The maximum atomic E-state index is 5.72. The third kappa shape index (κ3) is 3.74. The first-order chi connectivity index (χ1) is 6.95. The summed E-state index contributed by atoms with van der Waals surface area (Å²) in [4.78, 5) is 5.06. The molecule has 0 radical (unpaired) electrons. The molecule has 1 aliphatic rings. The highest BCUT2D eigenvalue weighted by Crippen LogP contribution is 2.22. The van der Waals surface area contributed by atoms with Gasteiger partial charge in [-0.3, -0.25) is 4.90 Å². The molecule has 0 aromatic carbocycles. The van der Waals surface area contributed by atoms with E-state index in [1.54, 1.807) is 0 Å². The van der Waals surface area contributed by atoms with Crippen molar-refractivity contribution in [3.05, 3.63) is 0 Å². The van der Waals surface area contributed by atoms with Gasteiger partial charge in [0.25, 0.3) is 0 Å². The van der Waals surface area contributed by atoms with Crippen molar-refractivity contribution in [2.45, 2.75) is 45.2 Å². The van der Waals surface area contributed by atoms with E-state index in [2.05, 4.69) is 37.6 Å². The Morgan fingerprint density at radius 3 is 2.47 bits per heavy atom. The van der Waals surface area contributed by atoms with Crippen LogP contribution in [0.25, 0.3) is 0 Å². The summed E-state index contributed by atoms with van der Waals surface area (Å²) in [6.45, 7) is 11.3. The standard InChI is InChI=1S/C12H27N3/c1-12(2,3)15-9-5-8-14(4)10-11(15)6-7-13/h11H,5-10,13H2,1-4H3. The van der Waals surface area contributed by atoms with Gasteiger partial charge < -0.3 is 10.6 Å². The fraction of sp³-hybridized carbons (Fsp3) is 1.00. The zero-order valence-corrected chi connectivity index (χ0v) is 10.8. The van der Waals surface area contributed by atoms with Crippen LogP contribution >= 0.6 is 0 Å². The van der Waals surface area contributed by atoms with Crippen LogP contribution in [0.3, 0.4) is 0 Å². The predicted octanol–water partition coefficient (Wildman–Crippen LogP) is 1.14. The van der Waals surface area contributed by atoms with Crippen LogP contribution in [-0.4, -0.2) is 54.6 Å². The Kier molecular flexibility index (Phi) is 4.56. The number of hydrogen-bond donors (Lipinski definition) is 1. The molecule has 1 heterocycles. The van der Waals surface area contributed by atoms with Crippen molar-refractivity contribution < 1.29 is 0 Å². The first-order valence-corrected chi connectivity index (χ1v) is 6.10. The van der Waals surface area contributed by atoms with E-state index in [1.165, 1.54) is 19.5 Å². The number of likely N-dealkylation sites (N-methyl/N-ethyl adjacent to an activating group) is 1. The lowest BCUT2D eigenvalue weighted by molar-refractivity contribution is 0.0792. The molecule has 0 bridgehead atoms. The minimum absolute atomic E-state index is 0.269. The molecule has 3 nitrogen and oxygen atoms in total. The van der Waals surface area contributed by atoms with E-state index in [0.29, 0.717) is 6.04 Å². The van der Waals surface area contributed by atoms with Crippen LogP contribution in [-0.2, 0) is 0 Å². The van der Waals surface area contributed by atoms with E-state index < -0.39 is 0 Å². The fourth-order valence-electron chi connectivity index (χ4n) is 2.57. The molecule has 1 unspecified atom stereocenters. The van der Waals surface area contributed by atoms with E-state index >= 15 is 0 Å². The van der Waals surface area contributed by atoms with Crippen molar-refractivity contribution >= 4 is 0 Å². The van der Waals surface area contributed by atoms with Crippen LogP contribution in [0.4, 0.5) is 0 Å². The summed E-state index contributed by atoms with van der Waals surface area (Å²) in [5.41, 5.74) is 5.99. The maximum Gasteiger partial charge on any atom is 0.0240 e. The molecule has 90 valence electrons. The summed E-state index contributed by atoms with van der Waals surface area (Å²) in [7, 11) is 2.22. The summed E-state index contributed by atoms with van der Waals surface area (Å²) >= 11 is 0. The monoisotopic (exact) mass is 213 g/mol. The lowest BCUT2D eigenvalue weighted by Crippen LogP contribution is -2.51. The summed E-state index contributed by atoms with van der Waals surface area (Å²) in [6, 6.07) is 0.627. The molecule has 1 aliphatic heterocycles. The number of rotatable bonds is 2. The Balaban J connectivity index is 2.71. The van der Waals surface area contributed by atoms with Gasteiger partial charge in [-0.1, -0.05) is 0 Å². The number of nitrogens with zero attached hydrogens (tertiary/aromatic N) is 2. The van der Waals surface area contributed by atoms with E-state index in [9.17, 15) is 0 Å². The lowest BCUT2D eigenvalue weighted by atomic mass is 10.0. The molecule has 0 spiro atoms. The van der Waals surface area contributed by atoms with Gasteiger partial charge in [-0.25, -0.2) is 0 Å². The summed E-state index contributed by atoms with van der Waals surface area (Å²) in [5.74, 6) is 0. The molecular formula is C12H27N3. The van der Waals surface area contributed by atoms with Gasteiger partial charge in [-0.05, 0) is 53.8 Å². The van der Waals surface area contributed by atoms with E-state index in [0.717, 1.165) is 19.5 Å². The van der Waals surface area contributed by atoms with Crippen LogP contribution in [0, 0.1) is 0 Å². The highest BCUT2D eigenvalue weighted by atomic mass is 15.3. The average Bonchev–Trinajstić information content (AvgIpc) is 2.26. The van der Waals surface area contributed by atoms with Gasteiger partial charge in [0.15, 0.2) is 0 Å². The number of hydrogen-bond acceptors (Lipinski definition) is 3. The van der Waals surface area contributed by atoms with Crippen molar-refractivity contribution in [3.63, 3.8) is 0 Å². The molecular weight excluding hydrogens is 186 g/mol. The molecule has 0 aromatic rings. The number of nitrogens with two attached hydrogens (primary N) is 1. The van der Waals surface area contributed by atoms with Gasteiger partial charge in [0.2, 0.25) is 0 Å². The fourth-order valence-corrected chi connectivity index (χ4v) is 2.57. The van der Waals surface area contributed by atoms with Gasteiger partial charge >= 0.3 is 0 Å². The molecule has 0 aliphatic carbocycles. The molecule has 0 saturated carbocycles. The largest absolute Gasteiger partial charge is 0.330 e. The normalized spacial score (nSPS) is 26.6. The minimum Gasteiger partial charge on any atom is -0.330 e. The molecule has 0 amide bonds. The van der Waals surface area contributed by atoms with Gasteiger partial charge in [0, 0.05) is 24.7 Å². The first-order valence-electron chi connectivity index (χ1n) is 6.10. The second-order valence-electron chi connectivity index (χ2n) is 5.71. The van der Waals surface area contributed by atoms with E-state index in [1.807, 2.05) is 0 Å². The Hall–Kier alpha value is -0.120. The third-order valence-electron chi connectivity index (χ3n) is 3.26. The maximum absolute atomic E-state index is 5.72. The van der Waals surface area contributed by atoms with Gasteiger partial charge in [0.05, 0.1) is 0 Å². The molecule has 1 atom stereocenters. The SMILES string of the molecule is CN1CCCN(C(C)(C)C)C(CCN)C1. The summed E-state index contributed by atoms with van der Waals surface area (Å²) < 4.78 is 0. The van der Waals surface area contributed by atoms with Crippen molar-refractivity contribution in [2.24, 2.45) is 5.73 Å². The summed E-state index contributed by atoms with van der Waals surface area (Å²) in [5, 5.41) is 0. The highest BCUT2D eigenvalue weighted by molar-refractivity contribution is 4.87. The smallest absolute Gasteiger partial charge is 0.0240 e. The second-order valence-corrected chi connectivity index (χ2v) is 5.71. The van der Waals surface area contributed by atoms with E-state index in [-0.39, 0.29) is 5.54 Å². The van der Waals surface area contributed by atoms with Crippen LogP contribution in [0.2, 0.25) is 0 Å². The van der Waals surface area contributed by atoms with Crippen molar-refractivity contribution in [2.75, 3.05) is 33.2 Å². The molecule has 1 fully saturated rings. The van der Waals surface area contributed by atoms with E-state index in [4.69, 9.17) is 5.73 Å². The van der Waals surface area contributed by atoms with Crippen molar-refractivity contribution in [1.29, 1.82) is 0 Å². The zero-order chi connectivity index (χ0) is 11.5. The molecule has 1 saturated heterocycles. The zero-order valence-electron chi connectivity index (χ0n) is 10.8. The highest BCUT2D eigenvalue weighted by Gasteiger charge is 2.30. The van der Waals surface area contributed by atoms with Crippen LogP contribution < -0.4 is 5.73 Å². The Morgan fingerprint density at radius 2 is 1.93 bits per heavy atom. The molecule has 15 heavy (non-hydrogen) atoms. The molecule has 3 heteroatoms.